The smallest absolute Gasteiger partial charge is 0.222 e. The molecule has 0 bridgehead atoms. The Labute approximate surface area is 56.7 Å². The van der Waals surface area contributed by atoms with E-state index in [1.54, 1.807) is 0 Å². The molecule has 0 unspecified atom stereocenters. The van der Waals surface area contributed by atoms with Crippen LogP contribution in [0.1, 0.15) is 10.4 Å². The molecule has 1 aromatic rings. The molecular weight excluding hydrogens is 140 g/mol. The lowest BCUT2D eigenvalue weighted by Gasteiger charge is -1.85. The minimum Gasteiger partial charge on any atom is -0.298 e. The van der Waals surface area contributed by atoms with Gasteiger partial charge < -0.3 is 0 Å². The molecule has 0 saturated carbocycles. The fourth-order valence-corrected chi connectivity index (χ4v) is 0.481. The fraction of sp³-hybridized carbons (Fsp3) is 0. The Kier molecular flexibility index (Phi) is 1.75. The number of nitrogens with zero attached hydrogens (tertiary/aromatic N) is 2. The van der Waals surface area contributed by atoms with Crippen LogP contribution in [0.2, 0.25) is 5.28 Å². The van der Waals surface area contributed by atoms with Crippen LogP contribution in [0.15, 0.2) is 12.4 Å². The topological polar surface area (TPSA) is 42.9 Å². The van der Waals surface area contributed by atoms with Crippen molar-refractivity contribution in [2.45, 2.75) is 0 Å². The zero-order valence-electron chi connectivity index (χ0n) is 4.41. The van der Waals surface area contributed by atoms with Gasteiger partial charge >= 0.3 is 0 Å². The van der Waals surface area contributed by atoms with E-state index in [0.717, 1.165) is 0 Å². The summed E-state index contributed by atoms with van der Waals surface area (Å²) in [5, 5.41) is 0.153. The zero-order valence-corrected chi connectivity index (χ0v) is 5.17. The molecule has 0 amide bonds. The molecule has 0 fully saturated rings. The monoisotopic (exact) mass is 142 g/mol. The van der Waals surface area contributed by atoms with E-state index in [0.29, 0.717) is 11.8 Å². The van der Waals surface area contributed by atoms with E-state index in [-0.39, 0.29) is 5.28 Å². The van der Waals surface area contributed by atoms with Crippen LogP contribution in [0.3, 0.4) is 0 Å². The molecule has 4 heteroatoms. The Morgan fingerprint density at radius 1 is 1.44 bits per heavy atom. The van der Waals surface area contributed by atoms with Crippen LogP contribution in [0.25, 0.3) is 0 Å². The van der Waals surface area contributed by atoms with E-state index in [9.17, 15) is 4.79 Å². The SMILES string of the molecule is O=Cc1cnc(Cl)nc1. The van der Waals surface area contributed by atoms with Crippen molar-refractivity contribution in [3.05, 3.63) is 23.2 Å². The number of rotatable bonds is 1. The third-order valence-corrected chi connectivity index (χ3v) is 0.972. The van der Waals surface area contributed by atoms with Crippen molar-refractivity contribution in [1.29, 1.82) is 0 Å². The number of aldehydes is 1. The average Bonchev–Trinajstić information content (AvgIpc) is 1.90. The van der Waals surface area contributed by atoms with Gasteiger partial charge in [0.15, 0.2) is 6.29 Å². The first-order valence-electron chi connectivity index (χ1n) is 2.25. The Hall–Kier alpha value is -0.960. The van der Waals surface area contributed by atoms with Crippen LogP contribution in [0, 0.1) is 0 Å². The number of carbonyl (C=O) groups excluding carboxylic acids is 1. The van der Waals surface area contributed by atoms with Crippen LogP contribution < -0.4 is 0 Å². The Balaban J connectivity index is 3.01. The first-order valence-corrected chi connectivity index (χ1v) is 2.63. The van der Waals surface area contributed by atoms with E-state index >= 15 is 0 Å². The second-order valence-electron chi connectivity index (χ2n) is 1.40. The predicted molar refractivity (Wildman–Crippen MR) is 32.4 cm³/mol. The molecule has 9 heavy (non-hydrogen) atoms. The Morgan fingerprint density at radius 3 is 2.44 bits per heavy atom. The van der Waals surface area contributed by atoms with Crippen molar-refractivity contribution in [1.82, 2.24) is 9.97 Å². The maximum absolute atomic E-state index is 9.99. The van der Waals surface area contributed by atoms with Crippen molar-refractivity contribution in [3.63, 3.8) is 0 Å². The highest BCUT2D eigenvalue weighted by molar-refractivity contribution is 6.28. The molecule has 0 aromatic carbocycles. The lowest BCUT2D eigenvalue weighted by atomic mass is 10.4. The van der Waals surface area contributed by atoms with Gasteiger partial charge in [-0.3, -0.25) is 4.79 Å². The van der Waals surface area contributed by atoms with E-state index in [2.05, 4.69) is 9.97 Å². The molecular formula is C5H3ClN2O. The van der Waals surface area contributed by atoms with Gasteiger partial charge in [-0.1, -0.05) is 0 Å². The molecule has 0 aliphatic heterocycles. The molecule has 0 N–H and O–H groups in total. The summed E-state index contributed by atoms with van der Waals surface area (Å²) in [4.78, 5) is 17.1. The van der Waals surface area contributed by atoms with Crippen LogP contribution in [0.5, 0.6) is 0 Å². The number of halogens is 1. The standard InChI is InChI=1S/C5H3ClN2O/c6-5-7-1-4(3-9)2-8-5/h1-3H. The number of hydrogen-bond donors (Lipinski definition) is 0. The highest BCUT2D eigenvalue weighted by Gasteiger charge is 1.89. The van der Waals surface area contributed by atoms with Crippen molar-refractivity contribution in [2.75, 3.05) is 0 Å². The van der Waals surface area contributed by atoms with Crippen LogP contribution in [-0.2, 0) is 0 Å². The van der Waals surface area contributed by atoms with Crippen molar-refractivity contribution < 1.29 is 4.79 Å². The minimum absolute atomic E-state index is 0.153. The average molecular weight is 143 g/mol. The van der Waals surface area contributed by atoms with Gasteiger partial charge in [0.05, 0.1) is 5.56 Å². The summed E-state index contributed by atoms with van der Waals surface area (Å²) in [5.74, 6) is 0. The number of aromatic nitrogens is 2. The van der Waals surface area contributed by atoms with Gasteiger partial charge in [-0.25, -0.2) is 9.97 Å². The van der Waals surface area contributed by atoms with E-state index in [1.807, 2.05) is 0 Å². The lowest BCUT2D eigenvalue weighted by Crippen LogP contribution is -1.84. The van der Waals surface area contributed by atoms with E-state index in [4.69, 9.17) is 11.6 Å². The maximum atomic E-state index is 9.99. The molecule has 3 nitrogen and oxygen atoms in total. The summed E-state index contributed by atoms with van der Waals surface area (Å²) in [6, 6.07) is 0. The molecule has 1 rings (SSSR count). The molecule has 0 spiro atoms. The molecule has 46 valence electrons. The van der Waals surface area contributed by atoms with Crippen molar-refractivity contribution >= 4 is 17.9 Å². The molecule has 0 aliphatic rings. The summed E-state index contributed by atoms with van der Waals surface area (Å²) in [7, 11) is 0. The third kappa shape index (κ3) is 1.47. The second kappa shape index (κ2) is 2.55. The normalized spacial score (nSPS) is 9.00. The Bertz CT molecular complexity index is 209. The number of hydrogen-bond acceptors (Lipinski definition) is 3. The van der Waals surface area contributed by atoms with Gasteiger partial charge in [0.1, 0.15) is 0 Å². The molecule has 1 aromatic heterocycles. The minimum atomic E-state index is 0.153. The summed E-state index contributed by atoms with van der Waals surface area (Å²) in [5.41, 5.74) is 0.430. The first kappa shape index (κ1) is 6.16. The Morgan fingerprint density at radius 2 is 2.00 bits per heavy atom. The first-order chi connectivity index (χ1) is 4.33. The molecule has 0 atom stereocenters. The molecule has 0 aliphatic carbocycles. The molecule has 1 heterocycles. The summed E-state index contributed by atoms with van der Waals surface area (Å²) in [6.45, 7) is 0. The van der Waals surface area contributed by atoms with Gasteiger partial charge in [-0.05, 0) is 11.6 Å². The van der Waals surface area contributed by atoms with E-state index in [1.165, 1.54) is 12.4 Å². The highest BCUT2D eigenvalue weighted by Crippen LogP contribution is 1.96. The van der Waals surface area contributed by atoms with Gasteiger partial charge in [0.25, 0.3) is 0 Å². The van der Waals surface area contributed by atoms with Gasteiger partial charge in [0, 0.05) is 12.4 Å². The van der Waals surface area contributed by atoms with E-state index < -0.39 is 0 Å². The molecule has 0 radical (unpaired) electrons. The third-order valence-electron chi connectivity index (χ3n) is 0.776. The maximum Gasteiger partial charge on any atom is 0.222 e. The summed E-state index contributed by atoms with van der Waals surface area (Å²) >= 11 is 5.33. The summed E-state index contributed by atoms with van der Waals surface area (Å²) in [6.07, 6.45) is 3.39. The second-order valence-corrected chi connectivity index (χ2v) is 1.74. The number of carbonyl (C=O) groups is 1. The van der Waals surface area contributed by atoms with Gasteiger partial charge in [-0.15, -0.1) is 0 Å². The molecule has 0 saturated heterocycles. The van der Waals surface area contributed by atoms with Crippen LogP contribution in [0.4, 0.5) is 0 Å². The van der Waals surface area contributed by atoms with Crippen LogP contribution >= 0.6 is 11.6 Å². The summed E-state index contributed by atoms with van der Waals surface area (Å²) < 4.78 is 0. The zero-order chi connectivity index (χ0) is 6.69. The van der Waals surface area contributed by atoms with Gasteiger partial charge in [-0.2, -0.15) is 0 Å². The highest BCUT2D eigenvalue weighted by atomic mass is 35.5. The quantitative estimate of drug-likeness (QED) is 0.433. The van der Waals surface area contributed by atoms with Crippen molar-refractivity contribution in [3.8, 4) is 0 Å². The van der Waals surface area contributed by atoms with Gasteiger partial charge in [0.2, 0.25) is 5.28 Å². The van der Waals surface area contributed by atoms with Crippen LogP contribution in [-0.4, -0.2) is 16.3 Å². The fourth-order valence-electron chi connectivity index (χ4n) is 0.383. The largest absolute Gasteiger partial charge is 0.298 e. The lowest BCUT2D eigenvalue weighted by molar-refractivity contribution is 0.112. The van der Waals surface area contributed by atoms with Crippen molar-refractivity contribution in [2.24, 2.45) is 0 Å². The predicted octanol–water partition coefficient (Wildman–Crippen LogP) is 0.942.